The van der Waals surface area contributed by atoms with Gasteiger partial charge in [-0.05, 0) is 45.0 Å². The molecular weight excluding hydrogens is 551 g/mol. The first-order chi connectivity index (χ1) is 15.3. The molecule has 2 aromatic rings. The lowest BCUT2D eigenvalue weighted by atomic mass is 10.0. The molecule has 2 rings (SSSR count). The molecular formula is C20H20BrClF3N3O4S. The lowest BCUT2D eigenvalue weighted by Gasteiger charge is -2.23. The molecule has 0 heterocycles. The van der Waals surface area contributed by atoms with Gasteiger partial charge in [-0.2, -0.15) is 17.6 Å². The van der Waals surface area contributed by atoms with Crippen LogP contribution in [0.25, 0.3) is 0 Å². The van der Waals surface area contributed by atoms with Crippen molar-refractivity contribution in [3.05, 3.63) is 61.3 Å². The van der Waals surface area contributed by atoms with Crippen molar-refractivity contribution in [3.63, 3.8) is 0 Å². The van der Waals surface area contributed by atoms with E-state index in [1.54, 1.807) is 26.8 Å². The quantitative estimate of drug-likeness (QED) is 0.203. The van der Waals surface area contributed by atoms with E-state index in [0.717, 1.165) is 12.1 Å². The van der Waals surface area contributed by atoms with Crippen LogP contribution in [0.3, 0.4) is 0 Å². The molecule has 13 heteroatoms. The van der Waals surface area contributed by atoms with Crippen LogP contribution in [0, 0.1) is 15.9 Å². The van der Waals surface area contributed by atoms with Crippen LogP contribution < -0.4 is 10.1 Å². The van der Waals surface area contributed by atoms with Gasteiger partial charge in [-0.25, -0.2) is 4.21 Å². The second-order valence-electron chi connectivity index (χ2n) is 7.65. The highest BCUT2D eigenvalue weighted by Gasteiger charge is 2.27. The van der Waals surface area contributed by atoms with Gasteiger partial charge in [0.2, 0.25) is 5.82 Å². The van der Waals surface area contributed by atoms with Gasteiger partial charge in [-0.3, -0.25) is 10.1 Å². The summed E-state index contributed by atoms with van der Waals surface area (Å²) in [6.07, 6.45) is 1.24. The van der Waals surface area contributed by atoms with Gasteiger partial charge >= 0.3 is 12.3 Å². The summed E-state index contributed by atoms with van der Waals surface area (Å²) in [6, 6.07) is 5.26. The van der Waals surface area contributed by atoms with Crippen molar-refractivity contribution in [2.75, 3.05) is 5.32 Å². The Labute approximate surface area is 204 Å². The van der Waals surface area contributed by atoms with Gasteiger partial charge in [-0.1, -0.05) is 33.6 Å². The first-order valence-electron chi connectivity index (χ1n) is 9.39. The van der Waals surface area contributed by atoms with E-state index in [1.165, 1.54) is 18.3 Å². The van der Waals surface area contributed by atoms with Gasteiger partial charge in [0.05, 0.1) is 15.7 Å². The lowest BCUT2D eigenvalue weighted by molar-refractivity contribution is -0.386. The van der Waals surface area contributed by atoms with E-state index in [-0.39, 0.29) is 28.4 Å². The third-order valence-corrected chi connectivity index (χ3v) is 6.45. The monoisotopic (exact) mass is 569 g/mol. The number of nitrogens with one attached hydrogen (secondary N) is 1. The average Bonchev–Trinajstić information content (AvgIpc) is 2.65. The topological polar surface area (TPSA) is 93.8 Å². The molecule has 0 unspecified atom stereocenters. The van der Waals surface area contributed by atoms with Crippen molar-refractivity contribution in [2.24, 2.45) is 4.40 Å². The minimum absolute atomic E-state index is 0.0602. The highest BCUT2D eigenvalue weighted by molar-refractivity contribution is 9.10. The molecule has 2 aromatic carbocycles. The van der Waals surface area contributed by atoms with Gasteiger partial charge in [-0.15, -0.1) is 0 Å². The normalized spacial score (nSPS) is 13.8. The van der Waals surface area contributed by atoms with E-state index < -0.39 is 44.8 Å². The Kier molecular flexibility index (Phi) is 9.27. The fourth-order valence-corrected chi connectivity index (χ4v) is 4.09. The number of ether oxygens (including phenoxy) is 1. The maximum atomic E-state index is 14.3. The molecule has 0 aromatic heterocycles. The van der Waals surface area contributed by atoms with Gasteiger partial charge in [0, 0.05) is 27.7 Å². The molecule has 7 nitrogen and oxygen atoms in total. The highest BCUT2D eigenvalue weighted by atomic mass is 79.9. The highest BCUT2D eigenvalue weighted by Crippen LogP contribution is 2.40. The molecule has 0 fully saturated rings. The van der Waals surface area contributed by atoms with E-state index in [1.807, 2.05) is 0 Å². The fraction of sp³-hybridized carbons (Fsp3) is 0.350. The summed E-state index contributed by atoms with van der Waals surface area (Å²) in [5.74, 6) is -1.39. The minimum Gasteiger partial charge on any atom is -0.434 e. The summed E-state index contributed by atoms with van der Waals surface area (Å²) in [6.45, 7) is 2.02. The summed E-state index contributed by atoms with van der Waals surface area (Å²) in [5.41, 5.74) is -0.984. The zero-order valence-electron chi connectivity index (χ0n) is 17.7. The molecule has 0 spiro atoms. The van der Waals surface area contributed by atoms with Crippen LogP contribution in [0.2, 0.25) is 5.02 Å². The first-order valence-corrected chi connectivity index (χ1v) is 11.7. The molecule has 0 radical (unpaired) electrons. The zero-order chi connectivity index (χ0) is 24.9. The number of hydrogen-bond donors (Lipinski definition) is 1. The van der Waals surface area contributed by atoms with E-state index in [0.29, 0.717) is 4.47 Å². The summed E-state index contributed by atoms with van der Waals surface area (Å²) in [5, 5.41) is 14.1. The third-order valence-electron chi connectivity index (χ3n) is 4.15. The number of rotatable bonds is 9. The molecule has 0 aliphatic heterocycles. The second-order valence-corrected chi connectivity index (χ2v) is 10.9. The van der Waals surface area contributed by atoms with Gasteiger partial charge in [0.15, 0.2) is 0 Å². The van der Waals surface area contributed by atoms with E-state index in [2.05, 4.69) is 30.4 Å². The minimum atomic E-state index is -3.14. The molecule has 0 bridgehead atoms. The smallest absolute Gasteiger partial charge is 0.387 e. The van der Waals surface area contributed by atoms with Crippen LogP contribution in [0.1, 0.15) is 38.8 Å². The predicted octanol–water partition coefficient (Wildman–Crippen LogP) is 6.83. The Morgan fingerprint density at radius 3 is 2.61 bits per heavy atom. The molecule has 0 amide bonds. The van der Waals surface area contributed by atoms with Crippen molar-refractivity contribution in [1.29, 1.82) is 0 Å². The number of nitro groups is 1. The standard InChI is InChI=1S/C20H20BrClF3N3O4S/c1-20(2,3)33(31)26-8-7-14(17-12(21)5-4-6-16(17)32-19(24)25)27-15-10-11(22)9-13(23)18(15)28(29)30/h4-6,8-10,14,19,27H,7H2,1-3H3/b26-8+/t14-,33-/m1/s1. The molecule has 33 heavy (non-hydrogen) atoms. The maximum Gasteiger partial charge on any atom is 0.387 e. The Balaban J connectivity index is 2.58. The first kappa shape index (κ1) is 27.1. The number of nitrogens with zero attached hydrogens (tertiary/aromatic N) is 2. The number of anilines is 1. The van der Waals surface area contributed by atoms with Crippen molar-refractivity contribution in [2.45, 2.75) is 44.6 Å². The van der Waals surface area contributed by atoms with E-state index in [9.17, 15) is 27.5 Å². The second kappa shape index (κ2) is 11.3. The Bertz CT molecular complexity index is 1080. The Morgan fingerprint density at radius 1 is 1.36 bits per heavy atom. The van der Waals surface area contributed by atoms with Crippen molar-refractivity contribution >= 4 is 56.1 Å². The fourth-order valence-electron chi connectivity index (χ4n) is 2.73. The largest absolute Gasteiger partial charge is 0.434 e. The van der Waals surface area contributed by atoms with Gasteiger partial charge in [0.25, 0.3) is 0 Å². The van der Waals surface area contributed by atoms with Gasteiger partial charge < -0.3 is 10.1 Å². The summed E-state index contributed by atoms with van der Waals surface area (Å²) < 4.78 is 60.8. The Morgan fingerprint density at radius 2 is 2.03 bits per heavy atom. The molecule has 0 saturated carbocycles. The number of halogens is 5. The van der Waals surface area contributed by atoms with Gasteiger partial charge in [0.1, 0.15) is 22.4 Å². The zero-order valence-corrected chi connectivity index (χ0v) is 20.8. The van der Waals surface area contributed by atoms with Crippen LogP contribution >= 0.6 is 27.5 Å². The number of benzene rings is 2. The molecule has 0 aliphatic carbocycles. The third kappa shape index (κ3) is 7.41. The van der Waals surface area contributed by atoms with Crippen molar-refractivity contribution < 1.29 is 27.0 Å². The lowest BCUT2D eigenvalue weighted by Crippen LogP contribution is -2.20. The van der Waals surface area contributed by atoms with Crippen LogP contribution in [0.4, 0.5) is 24.5 Å². The molecule has 0 saturated heterocycles. The van der Waals surface area contributed by atoms with E-state index in [4.69, 9.17) is 11.6 Å². The van der Waals surface area contributed by atoms with Crippen LogP contribution in [-0.4, -0.2) is 26.7 Å². The maximum absolute atomic E-state index is 14.3. The average molecular weight is 571 g/mol. The van der Waals surface area contributed by atoms with Crippen LogP contribution in [0.5, 0.6) is 5.75 Å². The summed E-state index contributed by atoms with van der Waals surface area (Å²) in [4.78, 5) is 10.5. The van der Waals surface area contributed by atoms with Crippen molar-refractivity contribution in [1.82, 2.24) is 0 Å². The SMILES string of the molecule is CC(C)(C)[S@@](=O)/N=C/C[C@@H](Nc1cc(Cl)cc(F)c1[N+](=O)[O-])c1c(Br)cccc1OC(F)F. The van der Waals surface area contributed by atoms with E-state index >= 15 is 0 Å². The number of hydrogen-bond acceptors (Lipinski definition) is 5. The number of nitro benzene ring substituents is 1. The van der Waals surface area contributed by atoms with Crippen molar-refractivity contribution in [3.8, 4) is 5.75 Å². The molecule has 2 atom stereocenters. The Hall–Kier alpha value is -2.18. The molecule has 0 aliphatic rings. The molecule has 1 N–H and O–H groups in total. The predicted molar refractivity (Wildman–Crippen MR) is 126 cm³/mol. The molecule has 180 valence electrons. The number of alkyl halides is 2. The summed E-state index contributed by atoms with van der Waals surface area (Å²) >= 11 is 9.16. The van der Waals surface area contributed by atoms with Crippen LogP contribution in [-0.2, 0) is 11.0 Å². The van der Waals surface area contributed by atoms with Crippen LogP contribution in [0.15, 0.2) is 39.2 Å². The summed E-state index contributed by atoms with van der Waals surface area (Å²) in [7, 11) is -1.61.